The average molecular weight is 753 g/mol. The van der Waals surface area contributed by atoms with Gasteiger partial charge in [-0.15, -0.1) is 5.11 Å². The van der Waals surface area contributed by atoms with Crippen molar-refractivity contribution in [3.63, 3.8) is 0 Å². The summed E-state index contributed by atoms with van der Waals surface area (Å²) in [6.45, 7) is 4.96. The highest BCUT2D eigenvalue weighted by Gasteiger charge is 2.38. The van der Waals surface area contributed by atoms with Crippen molar-refractivity contribution in [1.29, 1.82) is 5.26 Å². The smallest absolute Gasteiger partial charge is 0.332 e. The first kappa shape index (κ1) is 38.7. The van der Waals surface area contributed by atoms with Crippen LogP contribution in [0.2, 0.25) is 0 Å². The number of rotatable bonds is 13. The average Bonchev–Trinajstić information content (AvgIpc) is 4.00. The molecule has 1 aliphatic heterocycles. The maximum absolute atomic E-state index is 14.3. The van der Waals surface area contributed by atoms with Gasteiger partial charge in [0, 0.05) is 44.0 Å². The second kappa shape index (κ2) is 17.0. The van der Waals surface area contributed by atoms with E-state index in [1.807, 2.05) is 32.0 Å². The predicted octanol–water partition coefficient (Wildman–Crippen LogP) is 5.10. The zero-order valence-electron chi connectivity index (χ0n) is 30.7. The summed E-state index contributed by atoms with van der Waals surface area (Å²) in [4.78, 5) is 69.2. The Morgan fingerprint density at radius 2 is 1.80 bits per heavy atom. The Bertz CT molecular complexity index is 2280. The first-order chi connectivity index (χ1) is 26.4. The minimum Gasteiger partial charge on any atom is -0.459 e. The number of amides is 2. The highest BCUT2D eigenvalue weighted by Crippen LogP contribution is 2.30. The third-order valence-electron chi connectivity index (χ3n) is 9.47. The Kier molecular flexibility index (Phi) is 11.9. The highest BCUT2D eigenvalue weighted by molar-refractivity contribution is 5.93. The summed E-state index contributed by atoms with van der Waals surface area (Å²) in [5, 5.41) is 20.5. The topological polar surface area (TPSA) is 181 Å². The van der Waals surface area contributed by atoms with Gasteiger partial charge in [0.25, 0.3) is 5.56 Å². The second-order valence-electron chi connectivity index (χ2n) is 13.9. The lowest BCUT2D eigenvalue weighted by Gasteiger charge is -2.41. The molecule has 2 fully saturated rings. The molecule has 4 aromatic rings. The highest BCUT2D eigenvalue weighted by atomic mass is 19.1. The van der Waals surface area contributed by atoms with E-state index in [4.69, 9.17) is 14.7 Å². The molecule has 286 valence electrons. The molecule has 3 aromatic carbocycles. The quantitative estimate of drug-likeness (QED) is 0.144. The molecule has 2 atom stereocenters. The van der Waals surface area contributed by atoms with Crippen molar-refractivity contribution in [1.82, 2.24) is 18.9 Å². The molecular weight excluding hydrogens is 711 g/mol. The van der Waals surface area contributed by atoms with Gasteiger partial charge < -0.3 is 19.7 Å². The maximum Gasteiger partial charge on any atom is 0.332 e. The SMILES string of the molecule is CC(=O)C1CN(C(=O)Nc2ccc3c(c2)c(=O)n(CC2CC2)c(=O)n3C(C)C)CCN1C(N=Nc1ccc(C#N)c(F)c1)OCC(=O)OCc1ccccc1. The predicted molar refractivity (Wildman–Crippen MR) is 199 cm³/mol. The van der Waals surface area contributed by atoms with Crippen LogP contribution in [-0.2, 0) is 32.2 Å². The van der Waals surface area contributed by atoms with Crippen LogP contribution in [-0.4, -0.2) is 75.4 Å². The van der Waals surface area contributed by atoms with Crippen molar-refractivity contribution in [3.05, 3.63) is 105 Å². The van der Waals surface area contributed by atoms with Crippen molar-refractivity contribution in [2.75, 3.05) is 31.6 Å². The minimum absolute atomic E-state index is 0.00873. The number of hydrogen-bond donors (Lipinski definition) is 1. The fraction of sp³-hybridized carbons (Fsp3) is 0.385. The van der Waals surface area contributed by atoms with Crippen LogP contribution in [0.25, 0.3) is 10.9 Å². The van der Waals surface area contributed by atoms with Crippen molar-refractivity contribution in [2.24, 2.45) is 16.1 Å². The Balaban J connectivity index is 1.19. The number of aromatic nitrogens is 2. The van der Waals surface area contributed by atoms with Gasteiger partial charge >= 0.3 is 17.7 Å². The number of hydrogen-bond acceptors (Lipinski definition) is 11. The molecule has 0 spiro atoms. The number of azo groups is 1. The number of anilines is 1. The molecule has 1 aliphatic carbocycles. The number of carbonyl (C=O) groups excluding carboxylic acids is 3. The first-order valence-corrected chi connectivity index (χ1v) is 18.0. The Labute approximate surface area is 315 Å². The van der Waals surface area contributed by atoms with E-state index in [0.717, 1.165) is 24.5 Å². The normalized spacial score (nSPS) is 16.7. The van der Waals surface area contributed by atoms with Crippen molar-refractivity contribution in [2.45, 2.75) is 65.2 Å². The number of Topliss-reactive ketones (excluding diaryl/α,β-unsaturated/α-hetero) is 1. The number of fused-ring (bicyclic) bond motifs is 1. The number of urea groups is 1. The van der Waals surface area contributed by atoms with Gasteiger partial charge in [0.15, 0.2) is 0 Å². The van der Waals surface area contributed by atoms with E-state index >= 15 is 0 Å². The van der Waals surface area contributed by atoms with Crippen LogP contribution in [0.1, 0.15) is 50.8 Å². The van der Waals surface area contributed by atoms with E-state index in [2.05, 4.69) is 15.5 Å². The van der Waals surface area contributed by atoms with E-state index < -0.39 is 42.4 Å². The number of benzene rings is 3. The van der Waals surface area contributed by atoms with Crippen molar-refractivity contribution < 1.29 is 28.2 Å². The van der Waals surface area contributed by atoms with Gasteiger partial charge in [-0.25, -0.2) is 23.7 Å². The standard InChI is InChI=1S/C39H41FN8O7/c1-24(2)48-33-14-13-29(17-31(33)36(51)47(39(48)53)20-26-9-10-26)42-37(52)45-15-16-46(34(21-45)25(3)49)38(44-43-30-12-11-28(19-41)32(40)18-30)55-23-35(50)54-22-27-7-5-4-6-8-27/h4-8,11-14,17-18,24,26,34,38H,9-10,15-16,20-23H2,1-3H3,(H,42,52). The summed E-state index contributed by atoms with van der Waals surface area (Å²) in [6.07, 6.45) is 0.605. The number of piperazine rings is 1. The number of nitrogens with one attached hydrogen (secondary N) is 1. The third-order valence-corrected chi connectivity index (χ3v) is 9.47. The van der Waals surface area contributed by atoms with Gasteiger partial charge in [0.1, 0.15) is 30.9 Å². The zero-order valence-corrected chi connectivity index (χ0v) is 30.7. The molecule has 16 heteroatoms. The number of carbonyl (C=O) groups is 3. The molecule has 1 saturated carbocycles. The van der Waals surface area contributed by atoms with Crippen LogP contribution < -0.4 is 16.6 Å². The monoisotopic (exact) mass is 752 g/mol. The second-order valence-corrected chi connectivity index (χ2v) is 13.9. The van der Waals surface area contributed by atoms with Gasteiger partial charge in [0.2, 0.25) is 6.35 Å². The molecule has 2 aliphatic rings. The fourth-order valence-corrected chi connectivity index (χ4v) is 6.38. The first-order valence-electron chi connectivity index (χ1n) is 18.0. The fourth-order valence-electron chi connectivity index (χ4n) is 6.38. The van der Waals surface area contributed by atoms with Gasteiger partial charge in [-0.05, 0) is 75.4 Å². The number of nitriles is 1. The van der Waals surface area contributed by atoms with Crippen LogP contribution in [0.5, 0.6) is 0 Å². The van der Waals surface area contributed by atoms with E-state index in [1.54, 1.807) is 45.9 Å². The lowest BCUT2D eigenvalue weighted by Crippen LogP contribution is -2.60. The lowest BCUT2D eigenvalue weighted by molar-refractivity contribution is -0.161. The van der Waals surface area contributed by atoms with E-state index in [0.29, 0.717) is 23.1 Å². The molecule has 0 bridgehead atoms. The van der Waals surface area contributed by atoms with Crippen LogP contribution in [0.4, 0.5) is 20.6 Å². The molecule has 6 rings (SSSR count). The summed E-state index contributed by atoms with van der Waals surface area (Å²) in [7, 11) is 0. The molecule has 2 amide bonds. The summed E-state index contributed by atoms with van der Waals surface area (Å²) < 4.78 is 28.4. The molecule has 2 heterocycles. The summed E-state index contributed by atoms with van der Waals surface area (Å²) >= 11 is 0. The molecular formula is C39H41FN8O7. The van der Waals surface area contributed by atoms with E-state index in [9.17, 15) is 28.4 Å². The van der Waals surface area contributed by atoms with Gasteiger partial charge in [0.05, 0.1) is 28.2 Å². The molecule has 2 unspecified atom stereocenters. The zero-order chi connectivity index (χ0) is 39.2. The Morgan fingerprint density at radius 1 is 1.04 bits per heavy atom. The maximum atomic E-state index is 14.3. The molecule has 15 nitrogen and oxygen atoms in total. The summed E-state index contributed by atoms with van der Waals surface area (Å²) in [6, 6.07) is 17.6. The Hall–Kier alpha value is -6.05. The molecule has 1 saturated heterocycles. The van der Waals surface area contributed by atoms with Crippen LogP contribution in [0.3, 0.4) is 0 Å². The summed E-state index contributed by atoms with van der Waals surface area (Å²) in [5.41, 5.74) is 0.678. The number of esters is 1. The van der Waals surface area contributed by atoms with Crippen LogP contribution in [0.15, 0.2) is 86.5 Å². The van der Waals surface area contributed by atoms with Crippen LogP contribution >= 0.6 is 0 Å². The number of nitrogens with zero attached hydrogens (tertiary/aromatic N) is 7. The van der Waals surface area contributed by atoms with Crippen LogP contribution in [0, 0.1) is 23.1 Å². The molecule has 1 N–H and O–H groups in total. The van der Waals surface area contributed by atoms with Gasteiger partial charge in [-0.1, -0.05) is 30.3 Å². The van der Waals surface area contributed by atoms with Crippen molar-refractivity contribution >= 4 is 40.1 Å². The molecule has 55 heavy (non-hydrogen) atoms. The summed E-state index contributed by atoms with van der Waals surface area (Å²) in [5.74, 6) is -1.54. The van der Waals surface area contributed by atoms with E-state index in [-0.39, 0.29) is 60.9 Å². The molecule has 0 radical (unpaired) electrons. The number of ketones is 1. The van der Waals surface area contributed by atoms with E-state index in [1.165, 1.54) is 28.5 Å². The largest absolute Gasteiger partial charge is 0.459 e. The molecule has 1 aromatic heterocycles. The Morgan fingerprint density at radius 3 is 2.47 bits per heavy atom. The minimum atomic E-state index is -1.32. The van der Waals surface area contributed by atoms with Crippen molar-refractivity contribution in [3.8, 4) is 6.07 Å². The van der Waals surface area contributed by atoms with Gasteiger partial charge in [-0.3, -0.25) is 18.7 Å². The lowest BCUT2D eigenvalue weighted by atomic mass is 10.1. The number of ether oxygens (including phenoxy) is 2. The third kappa shape index (κ3) is 9.19. The van der Waals surface area contributed by atoms with Gasteiger partial charge in [-0.2, -0.15) is 10.4 Å². The number of halogens is 1.